The summed E-state index contributed by atoms with van der Waals surface area (Å²) in [4.78, 5) is 2.82. The molecule has 106 valence electrons. The SMILES string of the molecule is CNCCC1CCCCN1CC1CCCC(C)C1. The van der Waals surface area contributed by atoms with Gasteiger partial charge in [-0.05, 0) is 64.1 Å². The molecule has 2 rings (SSSR count). The Morgan fingerprint density at radius 1 is 1.11 bits per heavy atom. The molecule has 1 N–H and O–H groups in total. The molecule has 1 aliphatic carbocycles. The summed E-state index contributed by atoms with van der Waals surface area (Å²) in [5, 5.41) is 3.32. The maximum absolute atomic E-state index is 3.32. The van der Waals surface area contributed by atoms with Crippen molar-refractivity contribution in [2.45, 2.75) is 64.3 Å². The van der Waals surface area contributed by atoms with Crippen molar-refractivity contribution >= 4 is 0 Å². The van der Waals surface area contributed by atoms with E-state index in [0.717, 1.165) is 17.9 Å². The van der Waals surface area contributed by atoms with E-state index >= 15 is 0 Å². The molecule has 0 aromatic carbocycles. The highest BCUT2D eigenvalue weighted by Crippen LogP contribution is 2.31. The Labute approximate surface area is 114 Å². The molecule has 0 aromatic rings. The number of likely N-dealkylation sites (tertiary alicyclic amines) is 1. The van der Waals surface area contributed by atoms with E-state index in [-0.39, 0.29) is 0 Å². The van der Waals surface area contributed by atoms with E-state index in [2.05, 4.69) is 24.2 Å². The summed E-state index contributed by atoms with van der Waals surface area (Å²) >= 11 is 0. The van der Waals surface area contributed by atoms with Crippen molar-refractivity contribution in [3.05, 3.63) is 0 Å². The summed E-state index contributed by atoms with van der Waals surface area (Å²) in [5.74, 6) is 1.97. The molecular weight excluding hydrogens is 220 g/mol. The fourth-order valence-electron chi connectivity index (χ4n) is 4.00. The molecule has 0 aromatic heterocycles. The predicted octanol–water partition coefficient (Wildman–Crippen LogP) is 3.28. The third-order valence-electron chi connectivity index (χ3n) is 5.01. The van der Waals surface area contributed by atoms with E-state index in [1.165, 1.54) is 71.0 Å². The molecule has 3 atom stereocenters. The number of piperidine rings is 1. The van der Waals surface area contributed by atoms with Crippen LogP contribution in [0.25, 0.3) is 0 Å². The van der Waals surface area contributed by atoms with Crippen molar-refractivity contribution in [3.8, 4) is 0 Å². The number of nitrogens with one attached hydrogen (secondary N) is 1. The van der Waals surface area contributed by atoms with Gasteiger partial charge in [-0.2, -0.15) is 0 Å². The molecule has 1 saturated carbocycles. The summed E-state index contributed by atoms with van der Waals surface area (Å²) in [6, 6.07) is 0.864. The van der Waals surface area contributed by atoms with Crippen LogP contribution in [0.3, 0.4) is 0 Å². The molecular formula is C16H32N2. The molecule has 0 bridgehead atoms. The minimum Gasteiger partial charge on any atom is -0.320 e. The summed E-state index contributed by atoms with van der Waals surface area (Å²) in [6.07, 6.45) is 11.6. The third-order valence-corrected chi connectivity index (χ3v) is 5.01. The molecule has 1 aliphatic heterocycles. The average molecular weight is 252 g/mol. The first-order chi connectivity index (χ1) is 8.79. The summed E-state index contributed by atoms with van der Waals surface area (Å²) in [6.45, 7) is 6.38. The van der Waals surface area contributed by atoms with Gasteiger partial charge in [-0.15, -0.1) is 0 Å². The second-order valence-corrected chi connectivity index (χ2v) is 6.67. The highest BCUT2D eigenvalue weighted by atomic mass is 15.2. The fraction of sp³-hybridized carbons (Fsp3) is 1.00. The van der Waals surface area contributed by atoms with Gasteiger partial charge in [-0.3, -0.25) is 0 Å². The Hall–Kier alpha value is -0.0800. The first-order valence-electron chi connectivity index (χ1n) is 8.18. The Kier molecular flexibility index (Phi) is 5.97. The van der Waals surface area contributed by atoms with Gasteiger partial charge < -0.3 is 10.2 Å². The van der Waals surface area contributed by atoms with E-state index in [1.54, 1.807) is 0 Å². The van der Waals surface area contributed by atoms with Crippen molar-refractivity contribution in [1.82, 2.24) is 10.2 Å². The first-order valence-corrected chi connectivity index (χ1v) is 8.18. The molecule has 3 unspecified atom stereocenters. The van der Waals surface area contributed by atoms with Gasteiger partial charge in [0.2, 0.25) is 0 Å². The minimum atomic E-state index is 0.864. The topological polar surface area (TPSA) is 15.3 Å². The van der Waals surface area contributed by atoms with Gasteiger partial charge in [-0.25, -0.2) is 0 Å². The van der Waals surface area contributed by atoms with Gasteiger partial charge in [0.1, 0.15) is 0 Å². The van der Waals surface area contributed by atoms with Gasteiger partial charge in [0.15, 0.2) is 0 Å². The van der Waals surface area contributed by atoms with Crippen molar-refractivity contribution in [3.63, 3.8) is 0 Å². The molecule has 1 saturated heterocycles. The second-order valence-electron chi connectivity index (χ2n) is 6.67. The number of hydrogen-bond donors (Lipinski definition) is 1. The van der Waals surface area contributed by atoms with Crippen LogP contribution in [0.15, 0.2) is 0 Å². The Morgan fingerprint density at radius 3 is 2.78 bits per heavy atom. The summed E-state index contributed by atoms with van der Waals surface area (Å²) in [7, 11) is 2.08. The van der Waals surface area contributed by atoms with Crippen molar-refractivity contribution < 1.29 is 0 Å². The summed E-state index contributed by atoms with van der Waals surface area (Å²) in [5.41, 5.74) is 0. The maximum Gasteiger partial charge on any atom is 0.0107 e. The standard InChI is InChI=1S/C16H32N2/c1-14-6-5-7-15(12-14)13-18-11-4-3-8-16(18)9-10-17-2/h14-17H,3-13H2,1-2H3. The lowest BCUT2D eigenvalue weighted by molar-refractivity contribution is 0.0999. The quantitative estimate of drug-likeness (QED) is 0.808. The van der Waals surface area contributed by atoms with E-state index in [4.69, 9.17) is 0 Å². The molecule has 1 heterocycles. The molecule has 18 heavy (non-hydrogen) atoms. The Morgan fingerprint density at radius 2 is 2.00 bits per heavy atom. The Bertz CT molecular complexity index is 229. The normalized spacial score (nSPS) is 34.7. The van der Waals surface area contributed by atoms with Crippen LogP contribution in [0.5, 0.6) is 0 Å². The molecule has 2 nitrogen and oxygen atoms in total. The van der Waals surface area contributed by atoms with Gasteiger partial charge >= 0.3 is 0 Å². The van der Waals surface area contributed by atoms with E-state index in [1.807, 2.05) is 0 Å². The van der Waals surface area contributed by atoms with Crippen LogP contribution >= 0.6 is 0 Å². The van der Waals surface area contributed by atoms with Crippen LogP contribution in [0.4, 0.5) is 0 Å². The molecule has 0 spiro atoms. The smallest absolute Gasteiger partial charge is 0.0107 e. The zero-order valence-corrected chi connectivity index (χ0v) is 12.5. The molecule has 0 amide bonds. The summed E-state index contributed by atoms with van der Waals surface area (Å²) < 4.78 is 0. The molecule has 2 aliphatic rings. The van der Waals surface area contributed by atoms with Crippen molar-refractivity contribution in [2.75, 3.05) is 26.7 Å². The lowest BCUT2D eigenvalue weighted by Crippen LogP contribution is -2.44. The maximum atomic E-state index is 3.32. The minimum absolute atomic E-state index is 0.864. The van der Waals surface area contributed by atoms with Crippen LogP contribution < -0.4 is 5.32 Å². The largest absolute Gasteiger partial charge is 0.320 e. The first kappa shape index (κ1) is 14.3. The van der Waals surface area contributed by atoms with Crippen LogP contribution in [0, 0.1) is 11.8 Å². The van der Waals surface area contributed by atoms with E-state index < -0.39 is 0 Å². The van der Waals surface area contributed by atoms with Crippen LogP contribution in [-0.2, 0) is 0 Å². The monoisotopic (exact) mass is 252 g/mol. The zero-order chi connectivity index (χ0) is 12.8. The average Bonchev–Trinajstić information content (AvgIpc) is 2.38. The highest BCUT2D eigenvalue weighted by molar-refractivity contribution is 4.81. The van der Waals surface area contributed by atoms with E-state index in [9.17, 15) is 0 Å². The lowest BCUT2D eigenvalue weighted by atomic mass is 9.81. The van der Waals surface area contributed by atoms with Crippen LogP contribution in [0.2, 0.25) is 0 Å². The van der Waals surface area contributed by atoms with E-state index in [0.29, 0.717) is 0 Å². The predicted molar refractivity (Wildman–Crippen MR) is 78.9 cm³/mol. The van der Waals surface area contributed by atoms with Gasteiger partial charge in [0.25, 0.3) is 0 Å². The van der Waals surface area contributed by atoms with Gasteiger partial charge in [-0.1, -0.05) is 26.2 Å². The highest BCUT2D eigenvalue weighted by Gasteiger charge is 2.26. The van der Waals surface area contributed by atoms with Crippen molar-refractivity contribution in [2.24, 2.45) is 11.8 Å². The number of rotatable bonds is 5. The molecule has 2 fully saturated rings. The molecule has 2 heteroatoms. The zero-order valence-electron chi connectivity index (χ0n) is 12.5. The van der Waals surface area contributed by atoms with Crippen LogP contribution in [-0.4, -0.2) is 37.6 Å². The molecule has 0 radical (unpaired) electrons. The Balaban J connectivity index is 1.80. The number of nitrogens with zero attached hydrogens (tertiary/aromatic N) is 1. The lowest BCUT2D eigenvalue weighted by Gasteiger charge is -2.39. The van der Waals surface area contributed by atoms with Crippen LogP contribution in [0.1, 0.15) is 58.3 Å². The van der Waals surface area contributed by atoms with Gasteiger partial charge in [0, 0.05) is 12.6 Å². The third kappa shape index (κ3) is 4.24. The van der Waals surface area contributed by atoms with Gasteiger partial charge in [0.05, 0.1) is 0 Å². The van der Waals surface area contributed by atoms with Crippen molar-refractivity contribution in [1.29, 1.82) is 0 Å². The fourth-order valence-corrected chi connectivity index (χ4v) is 4.00. The number of hydrogen-bond acceptors (Lipinski definition) is 2. The second kappa shape index (κ2) is 7.49.